The van der Waals surface area contributed by atoms with E-state index >= 15 is 0 Å². The zero-order valence-electron chi connectivity index (χ0n) is 16.1. The van der Waals surface area contributed by atoms with Crippen LogP contribution in [0.4, 0.5) is 5.69 Å². The maximum Gasteiger partial charge on any atom is 0.245 e. The van der Waals surface area contributed by atoms with Gasteiger partial charge in [0.1, 0.15) is 6.04 Å². The molecule has 7 nitrogen and oxygen atoms in total. The standard InChI is InChI=1S/C20H28N4O3/c1-21(2)11-10-18(25)22-12-14-23(15-13-22)20(27)17-8-9-19(26)24(17)16-6-4-3-5-7-16/h3-7,17H,8-15H2,1-2H3. The van der Waals surface area contributed by atoms with E-state index in [0.717, 1.165) is 12.2 Å². The third-order valence-electron chi connectivity index (χ3n) is 5.25. The molecule has 3 rings (SSSR count). The van der Waals surface area contributed by atoms with Crippen LogP contribution in [0.3, 0.4) is 0 Å². The van der Waals surface area contributed by atoms with Gasteiger partial charge >= 0.3 is 0 Å². The monoisotopic (exact) mass is 372 g/mol. The van der Waals surface area contributed by atoms with Crippen molar-refractivity contribution in [3.05, 3.63) is 30.3 Å². The topological polar surface area (TPSA) is 64.2 Å². The molecule has 7 heteroatoms. The number of carbonyl (C=O) groups is 3. The van der Waals surface area contributed by atoms with Crippen molar-refractivity contribution in [2.75, 3.05) is 51.7 Å². The average Bonchev–Trinajstić information content (AvgIpc) is 3.07. The summed E-state index contributed by atoms with van der Waals surface area (Å²) in [6, 6.07) is 8.94. The summed E-state index contributed by atoms with van der Waals surface area (Å²) < 4.78 is 0. The highest BCUT2D eigenvalue weighted by Crippen LogP contribution is 2.28. The molecule has 27 heavy (non-hydrogen) atoms. The van der Waals surface area contributed by atoms with Crippen LogP contribution in [-0.4, -0.2) is 85.3 Å². The van der Waals surface area contributed by atoms with Gasteiger partial charge in [-0.1, -0.05) is 18.2 Å². The fraction of sp³-hybridized carbons (Fsp3) is 0.550. The molecule has 2 aliphatic rings. The molecule has 2 heterocycles. The quantitative estimate of drug-likeness (QED) is 0.767. The van der Waals surface area contributed by atoms with Crippen LogP contribution in [0, 0.1) is 0 Å². The van der Waals surface area contributed by atoms with Crippen molar-refractivity contribution in [3.63, 3.8) is 0 Å². The molecule has 0 radical (unpaired) electrons. The zero-order chi connectivity index (χ0) is 19.4. The van der Waals surface area contributed by atoms with Crippen molar-refractivity contribution < 1.29 is 14.4 Å². The largest absolute Gasteiger partial charge is 0.339 e. The first kappa shape index (κ1) is 19.4. The predicted octanol–water partition coefficient (Wildman–Crippen LogP) is 0.805. The molecule has 0 saturated carbocycles. The summed E-state index contributed by atoms with van der Waals surface area (Å²) in [4.78, 5) is 44.9. The van der Waals surface area contributed by atoms with Crippen LogP contribution in [-0.2, 0) is 14.4 Å². The smallest absolute Gasteiger partial charge is 0.245 e. The van der Waals surface area contributed by atoms with Gasteiger partial charge in [-0.15, -0.1) is 0 Å². The fourth-order valence-electron chi connectivity index (χ4n) is 3.69. The number of para-hydroxylation sites is 1. The molecule has 0 spiro atoms. The number of nitrogens with zero attached hydrogens (tertiary/aromatic N) is 4. The molecule has 0 aromatic heterocycles. The summed E-state index contributed by atoms with van der Waals surface area (Å²) in [6.45, 7) is 2.90. The van der Waals surface area contributed by atoms with Gasteiger partial charge in [0.2, 0.25) is 17.7 Å². The lowest BCUT2D eigenvalue weighted by Gasteiger charge is -2.37. The number of amides is 3. The Kier molecular flexibility index (Phi) is 6.11. The van der Waals surface area contributed by atoms with Crippen LogP contribution in [0.15, 0.2) is 30.3 Å². The van der Waals surface area contributed by atoms with E-state index in [1.807, 2.05) is 54.2 Å². The van der Waals surface area contributed by atoms with Crippen molar-refractivity contribution in [1.29, 1.82) is 0 Å². The maximum atomic E-state index is 13.0. The van der Waals surface area contributed by atoms with Crippen LogP contribution in [0.2, 0.25) is 0 Å². The van der Waals surface area contributed by atoms with Gasteiger partial charge in [0.05, 0.1) is 0 Å². The molecule has 2 saturated heterocycles. The number of hydrogen-bond acceptors (Lipinski definition) is 4. The Bertz CT molecular complexity index is 684. The lowest BCUT2D eigenvalue weighted by molar-refractivity contribution is -0.140. The lowest BCUT2D eigenvalue weighted by atomic mass is 10.1. The number of rotatable bonds is 5. The van der Waals surface area contributed by atoms with Gasteiger partial charge in [0.25, 0.3) is 0 Å². The first-order chi connectivity index (χ1) is 13.0. The number of hydrogen-bond donors (Lipinski definition) is 0. The van der Waals surface area contributed by atoms with Crippen molar-refractivity contribution in [2.24, 2.45) is 0 Å². The van der Waals surface area contributed by atoms with Gasteiger partial charge < -0.3 is 14.7 Å². The predicted molar refractivity (Wildman–Crippen MR) is 103 cm³/mol. The number of carbonyl (C=O) groups excluding carboxylic acids is 3. The maximum absolute atomic E-state index is 13.0. The molecule has 2 aliphatic heterocycles. The second-order valence-electron chi connectivity index (χ2n) is 7.41. The summed E-state index contributed by atoms with van der Waals surface area (Å²) in [5, 5.41) is 0. The van der Waals surface area contributed by atoms with E-state index in [1.54, 1.807) is 9.80 Å². The summed E-state index contributed by atoms with van der Waals surface area (Å²) in [6.07, 6.45) is 1.45. The van der Waals surface area contributed by atoms with Crippen LogP contribution < -0.4 is 4.90 Å². The third-order valence-corrected chi connectivity index (χ3v) is 5.25. The van der Waals surface area contributed by atoms with Crippen LogP contribution in [0.25, 0.3) is 0 Å². The Morgan fingerprint density at radius 3 is 2.30 bits per heavy atom. The molecule has 0 N–H and O–H groups in total. The van der Waals surface area contributed by atoms with E-state index < -0.39 is 6.04 Å². The minimum absolute atomic E-state index is 0.00273. The highest BCUT2D eigenvalue weighted by atomic mass is 16.2. The molecule has 0 bridgehead atoms. The SMILES string of the molecule is CN(C)CCC(=O)N1CCN(C(=O)C2CCC(=O)N2c2ccccc2)CC1. The molecule has 2 fully saturated rings. The van der Waals surface area contributed by atoms with E-state index in [0.29, 0.717) is 45.4 Å². The molecular weight excluding hydrogens is 344 g/mol. The Labute approximate surface area is 160 Å². The minimum Gasteiger partial charge on any atom is -0.339 e. The molecule has 1 unspecified atom stereocenters. The first-order valence-electron chi connectivity index (χ1n) is 9.56. The van der Waals surface area contributed by atoms with Crippen molar-refractivity contribution >= 4 is 23.4 Å². The molecular formula is C20H28N4O3. The normalized spacial score (nSPS) is 20.5. The summed E-state index contributed by atoms with van der Waals surface area (Å²) in [7, 11) is 3.90. The van der Waals surface area contributed by atoms with Gasteiger partial charge in [0, 0.05) is 51.3 Å². The van der Waals surface area contributed by atoms with Crippen LogP contribution in [0.5, 0.6) is 0 Å². The van der Waals surface area contributed by atoms with E-state index in [4.69, 9.17) is 0 Å². The number of piperazine rings is 1. The second kappa shape index (κ2) is 8.52. The van der Waals surface area contributed by atoms with E-state index in [2.05, 4.69) is 0 Å². The van der Waals surface area contributed by atoms with E-state index in [9.17, 15) is 14.4 Å². The van der Waals surface area contributed by atoms with Gasteiger partial charge in [-0.3, -0.25) is 19.3 Å². The second-order valence-corrected chi connectivity index (χ2v) is 7.41. The van der Waals surface area contributed by atoms with Crippen molar-refractivity contribution in [3.8, 4) is 0 Å². The molecule has 1 aromatic carbocycles. The average molecular weight is 372 g/mol. The number of anilines is 1. The molecule has 1 aromatic rings. The first-order valence-corrected chi connectivity index (χ1v) is 9.56. The Morgan fingerprint density at radius 2 is 1.67 bits per heavy atom. The lowest BCUT2D eigenvalue weighted by Crippen LogP contribution is -2.55. The minimum atomic E-state index is -0.434. The van der Waals surface area contributed by atoms with Crippen LogP contribution >= 0.6 is 0 Å². The van der Waals surface area contributed by atoms with Crippen LogP contribution in [0.1, 0.15) is 19.3 Å². The zero-order valence-corrected chi connectivity index (χ0v) is 16.1. The fourth-order valence-corrected chi connectivity index (χ4v) is 3.69. The summed E-state index contributed by atoms with van der Waals surface area (Å²) in [5.41, 5.74) is 0.774. The highest BCUT2D eigenvalue weighted by Gasteiger charge is 2.39. The van der Waals surface area contributed by atoms with Gasteiger partial charge in [0.15, 0.2) is 0 Å². The Hall–Kier alpha value is -2.41. The molecule has 0 aliphatic carbocycles. The molecule has 146 valence electrons. The summed E-state index contributed by atoms with van der Waals surface area (Å²) in [5.74, 6) is 0.125. The third kappa shape index (κ3) is 4.47. The Morgan fingerprint density at radius 1 is 1.04 bits per heavy atom. The van der Waals surface area contributed by atoms with Gasteiger partial charge in [-0.2, -0.15) is 0 Å². The molecule has 3 amide bonds. The van der Waals surface area contributed by atoms with Gasteiger partial charge in [-0.25, -0.2) is 0 Å². The highest BCUT2D eigenvalue weighted by molar-refractivity contribution is 6.03. The number of benzene rings is 1. The van der Waals surface area contributed by atoms with Crippen molar-refractivity contribution in [1.82, 2.24) is 14.7 Å². The van der Waals surface area contributed by atoms with Gasteiger partial charge in [-0.05, 0) is 32.6 Å². The van der Waals surface area contributed by atoms with E-state index in [-0.39, 0.29) is 17.7 Å². The Balaban J connectivity index is 1.59. The molecule has 1 atom stereocenters. The van der Waals surface area contributed by atoms with E-state index in [1.165, 1.54) is 0 Å². The summed E-state index contributed by atoms with van der Waals surface area (Å²) >= 11 is 0. The van der Waals surface area contributed by atoms with Crippen molar-refractivity contribution in [2.45, 2.75) is 25.3 Å².